The zero-order valence-corrected chi connectivity index (χ0v) is 18.6. The number of ether oxygens (including phenoxy) is 1. The predicted octanol–water partition coefficient (Wildman–Crippen LogP) is 4.12. The Hall–Kier alpha value is -3.28. The van der Waals surface area contributed by atoms with Gasteiger partial charge in [-0.15, -0.1) is 0 Å². The number of amides is 2. The van der Waals surface area contributed by atoms with Crippen LogP contribution in [0.1, 0.15) is 48.7 Å². The van der Waals surface area contributed by atoms with Crippen LogP contribution >= 0.6 is 0 Å². The van der Waals surface area contributed by atoms with Gasteiger partial charge in [0.15, 0.2) is 0 Å². The van der Waals surface area contributed by atoms with Crippen LogP contribution in [-0.2, 0) is 17.9 Å². The molecule has 1 atom stereocenters. The molecule has 32 heavy (non-hydrogen) atoms. The number of benzene rings is 2. The molecule has 1 aromatic heterocycles. The Bertz CT molecular complexity index is 1160. The molecule has 0 bridgehead atoms. The highest BCUT2D eigenvalue weighted by Gasteiger charge is 2.48. The van der Waals surface area contributed by atoms with E-state index in [1.807, 2.05) is 66.1 Å². The van der Waals surface area contributed by atoms with Gasteiger partial charge in [-0.2, -0.15) is 0 Å². The lowest BCUT2D eigenvalue weighted by atomic mass is 9.93. The van der Waals surface area contributed by atoms with Crippen molar-refractivity contribution in [1.82, 2.24) is 14.8 Å². The maximum absolute atomic E-state index is 13.8. The molecule has 0 unspecified atom stereocenters. The molecule has 1 N–H and O–H groups in total. The molecule has 1 fully saturated rings. The normalized spacial score (nSPS) is 21.1. The smallest absolute Gasteiger partial charge is 0.271 e. The number of rotatable bonds is 5. The summed E-state index contributed by atoms with van der Waals surface area (Å²) < 4.78 is 7.39. The van der Waals surface area contributed by atoms with Crippen LogP contribution in [0.15, 0.2) is 54.6 Å². The third-order valence-electron chi connectivity index (χ3n) is 7.00. The SMILES string of the molecule is COc1ccc2cc3n(c2c1)C[C@](C)(C(=O)NC1CCCC1)N(Cc1ccccc1)C3=O. The average molecular weight is 432 g/mol. The Balaban J connectivity index is 1.58. The Morgan fingerprint density at radius 3 is 2.59 bits per heavy atom. The first kappa shape index (κ1) is 20.6. The number of fused-ring (bicyclic) bond motifs is 3. The van der Waals surface area contributed by atoms with E-state index in [2.05, 4.69) is 5.32 Å². The number of aromatic nitrogens is 1. The van der Waals surface area contributed by atoms with Crippen LogP contribution in [0.5, 0.6) is 5.75 Å². The van der Waals surface area contributed by atoms with Crippen LogP contribution in [0.3, 0.4) is 0 Å². The van der Waals surface area contributed by atoms with Gasteiger partial charge in [-0.05, 0) is 43.5 Å². The molecule has 2 amide bonds. The summed E-state index contributed by atoms with van der Waals surface area (Å²) in [6, 6.07) is 17.8. The minimum Gasteiger partial charge on any atom is -0.497 e. The van der Waals surface area contributed by atoms with Crippen molar-refractivity contribution >= 4 is 22.7 Å². The molecular weight excluding hydrogens is 402 g/mol. The Labute approximate surface area is 188 Å². The van der Waals surface area contributed by atoms with Gasteiger partial charge in [0.05, 0.1) is 19.2 Å². The fraction of sp³-hybridized carbons (Fsp3) is 0.385. The van der Waals surface area contributed by atoms with Crippen molar-refractivity contribution in [1.29, 1.82) is 0 Å². The van der Waals surface area contributed by atoms with Gasteiger partial charge in [-0.25, -0.2) is 0 Å². The van der Waals surface area contributed by atoms with E-state index in [9.17, 15) is 9.59 Å². The van der Waals surface area contributed by atoms with Crippen LogP contribution in [0.2, 0.25) is 0 Å². The van der Waals surface area contributed by atoms with E-state index in [1.54, 1.807) is 12.0 Å². The van der Waals surface area contributed by atoms with Crippen molar-refractivity contribution in [2.45, 2.75) is 57.3 Å². The molecule has 1 aliphatic heterocycles. The second-order valence-corrected chi connectivity index (χ2v) is 9.15. The zero-order valence-electron chi connectivity index (χ0n) is 18.6. The fourth-order valence-electron chi connectivity index (χ4n) is 5.08. The Morgan fingerprint density at radius 2 is 1.88 bits per heavy atom. The second kappa shape index (κ2) is 8.01. The van der Waals surface area contributed by atoms with Gasteiger partial charge in [0.2, 0.25) is 5.91 Å². The summed E-state index contributed by atoms with van der Waals surface area (Å²) in [5, 5.41) is 4.22. The van der Waals surface area contributed by atoms with Crippen molar-refractivity contribution in [3.8, 4) is 5.75 Å². The highest BCUT2D eigenvalue weighted by atomic mass is 16.5. The number of nitrogens with one attached hydrogen (secondary N) is 1. The minimum absolute atomic E-state index is 0.0796. The molecule has 0 saturated heterocycles. The number of hydrogen-bond donors (Lipinski definition) is 1. The van der Waals surface area contributed by atoms with E-state index in [-0.39, 0.29) is 17.9 Å². The summed E-state index contributed by atoms with van der Waals surface area (Å²) in [5.74, 6) is 0.526. The highest BCUT2D eigenvalue weighted by molar-refractivity contribution is 6.03. The van der Waals surface area contributed by atoms with Crippen LogP contribution in [0, 0.1) is 0 Å². The molecule has 6 nitrogen and oxygen atoms in total. The standard InChI is InChI=1S/C26H29N3O3/c1-26(25(31)27-20-10-6-7-11-20)17-28-22-15-21(32-2)13-12-19(22)14-23(28)24(30)29(26)16-18-8-4-3-5-9-18/h3-5,8-9,12-15,20H,6-7,10-11,16-17H2,1-2H3,(H,27,31)/t26-/m1/s1. The number of methoxy groups -OCH3 is 1. The summed E-state index contributed by atoms with van der Waals surface area (Å²) in [5.41, 5.74) is 1.52. The van der Waals surface area contributed by atoms with E-state index in [1.165, 1.54) is 0 Å². The van der Waals surface area contributed by atoms with E-state index >= 15 is 0 Å². The lowest BCUT2D eigenvalue weighted by molar-refractivity contribution is -0.133. The molecule has 2 aliphatic rings. The molecule has 6 heteroatoms. The molecule has 5 rings (SSSR count). The first-order valence-electron chi connectivity index (χ1n) is 11.3. The maximum atomic E-state index is 13.8. The summed E-state index contributed by atoms with van der Waals surface area (Å²) in [6.45, 7) is 2.68. The predicted molar refractivity (Wildman–Crippen MR) is 124 cm³/mol. The number of carbonyl (C=O) groups excluding carboxylic acids is 2. The van der Waals surface area contributed by atoms with Crippen molar-refractivity contribution in [3.05, 3.63) is 65.9 Å². The van der Waals surface area contributed by atoms with Crippen molar-refractivity contribution in [2.75, 3.05) is 7.11 Å². The third kappa shape index (κ3) is 3.44. The average Bonchev–Trinajstić information content (AvgIpc) is 3.45. The Kier molecular flexibility index (Phi) is 5.16. The number of nitrogens with zero attached hydrogens (tertiary/aromatic N) is 2. The lowest BCUT2D eigenvalue weighted by Gasteiger charge is -2.44. The molecular formula is C26H29N3O3. The zero-order chi connectivity index (χ0) is 22.3. The number of carbonyl (C=O) groups is 2. The van der Waals surface area contributed by atoms with Gasteiger partial charge in [0.1, 0.15) is 17.0 Å². The second-order valence-electron chi connectivity index (χ2n) is 9.15. The van der Waals surface area contributed by atoms with Crippen molar-refractivity contribution in [2.24, 2.45) is 0 Å². The Morgan fingerprint density at radius 1 is 1.12 bits per heavy atom. The van der Waals surface area contributed by atoms with Gasteiger partial charge < -0.3 is 19.5 Å². The van der Waals surface area contributed by atoms with E-state index in [0.29, 0.717) is 18.8 Å². The maximum Gasteiger partial charge on any atom is 0.271 e. The van der Waals surface area contributed by atoms with Gasteiger partial charge in [-0.3, -0.25) is 9.59 Å². The fourth-order valence-corrected chi connectivity index (χ4v) is 5.08. The summed E-state index contributed by atoms with van der Waals surface area (Å²) in [6.07, 6.45) is 4.29. The molecule has 166 valence electrons. The van der Waals surface area contributed by atoms with Gasteiger partial charge >= 0.3 is 0 Å². The topological polar surface area (TPSA) is 63.6 Å². The van der Waals surface area contributed by atoms with E-state index in [4.69, 9.17) is 4.74 Å². The largest absolute Gasteiger partial charge is 0.497 e. The van der Waals surface area contributed by atoms with E-state index in [0.717, 1.165) is 47.9 Å². The van der Waals surface area contributed by atoms with E-state index < -0.39 is 5.54 Å². The molecule has 3 aromatic rings. The highest BCUT2D eigenvalue weighted by Crippen LogP contribution is 2.35. The minimum atomic E-state index is -1.00. The first-order chi connectivity index (χ1) is 15.5. The van der Waals surface area contributed by atoms with Crippen LogP contribution in [0.25, 0.3) is 10.9 Å². The summed E-state index contributed by atoms with van der Waals surface area (Å²) in [4.78, 5) is 29.2. The molecule has 0 spiro atoms. The molecule has 2 aromatic carbocycles. The van der Waals surface area contributed by atoms with Gasteiger partial charge in [0, 0.05) is 24.0 Å². The van der Waals surface area contributed by atoms with Crippen LogP contribution in [-0.4, -0.2) is 40.0 Å². The van der Waals surface area contributed by atoms with Gasteiger partial charge in [-0.1, -0.05) is 43.2 Å². The summed E-state index contributed by atoms with van der Waals surface area (Å²) in [7, 11) is 1.63. The van der Waals surface area contributed by atoms with Crippen molar-refractivity contribution < 1.29 is 14.3 Å². The molecule has 0 radical (unpaired) electrons. The molecule has 1 aliphatic carbocycles. The summed E-state index contributed by atoms with van der Waals surface area (Å²) >= 11 is 0. The van der Waals surface area contributed by atoms with Crippen LogP contribution in [0.4, 0.5) is 0 Å². The van der Waals surface area contributed by atoms with Gasteiger partial charge in [0.25, 0.3) is 5.91 Å². The lowest BCUT2D eigenvalue weighted by Crippen LogP contribution is -2.64. The van der Waals surface area contributed by atoms with Crippen LogP contribution < -0.4 is 10.1 Å². The first-order valence-corrected chi connectivity index (χ1v) is 11.3. The molecule has 2 heterocycles. The molecule has 1 saturated carbocycles. The monoisotopic (exact) mass is 431 g/mol. The number of hydrogen-bond acceptors (Lipinski definition) is 3. The quantitative estimate of drug-likeness (QED) is 0.661. The van der Waals surface area contributed by atoms with Crippen molar-refractivity contribution in [3.63, 3.8) is 0 Å². The third-order valence-corrected chi connectivity index (χ3v) is 7.00.